The summed E-state index contributed by atoms with van der Waals surface area (Å²) in [6.07, 6.45) is 0.454. The number of benzene rings is 1. The van der Waals surface area contributed by atoms with E-state index in [0.29, 0.717) is 12.8 Å². The quantitative estimate of drug-likeness (QED) is 0.179. The van der Waals surface area contributed by atoms with Crippen LogP contribution in [0, 0.1) is 0 Å². The van der Waals surface area contributed by atoms with Crippen molar-refractivity contribution in [1.82, 2.24) is 24.6 Å². The van der Waals surface area contributed by atoms with E-state index < -0.39 is 56.6 Å². The van der Waals surface area contributed by atoms with Crippen molar-refractivity contribution in [2.45, 2.75) is 82.2 Å². The number of anilines is 1. The number of carbonyl (C=O) groups is 1. The lowest BCUT2D eigenvalue weighted by Crippen LogP contribution is -2.59. The van der Waals surface area contributed by atoms with Gasteiger partial charge in [-0.25, -0.2) is 18.3 Å². The van der Waals surface area contributed by atoms with Crippen LogP contribution in [0.3, 0.4) is 0 Å². The molecule has 3 heterocycles. The summed E-state index contributed by atoms with van der Waals surface area (Å²) in [5, 5.41) is 14.2. The van der Waals surface area contributed by atoms with E-state index in [-0.39, 0.29) is 41.5 Å². The molecule has 6 atom stereocenters. The van der Waals surface area contributed by atoms with Crippen LogP contribution in [0.2, 0.25) is 0 Å². The first-order valence-electron chi connectivity index (χ1n) is 14.6. The van der Waals surface area contributed by atoms with Crippen LogP contribution >= 0.6 is 7.75 Å². The van der Waals surface area contributed by atoms with Crippen LogP contribution in [0.4, 0.5) is 14.7 Å². The molecule has 1 saturated heterocycles. The monoisotopic (exact) mass is 654 g/mol. The van der Waals surface area contributed by atoms with Gasteiger partial charge in [-0.2, -0.15) is 15.1 Å². The minimum Gasteiger partial charge on any atom is -0.476 e. The maximum Gasteiger partial charge on any atom is 0.459 e. The summed E-state index contributed by atoms with van der Waals surface area (Å²) in [6.45, 7) is 2.03. The van der Waals surface area contributed by atoms with Gasteiger partial charge in [0.25, 0.3) is 0 Å². The number of para-hydroxylation sites is 1. The van der Waals surface area contributed by atoms with E-state index in [0.717, 1.165) is 19.8 Å². The number of halogens is 2. The van der Waals surface area contributed by atoms with Gasteiger partial charge in [-0.15, -0.1) is 0 Å². The van der Waals surface area contributed by atoms with Gasteiger partial charge in [0.1, 0.15) is 30.7 Å². The molecule has 1 saturated carbocycles. The molecule has 0 spiro atoms. The standard InChI is InChI=1S/C28H37F2N6O8P/c1-4-40-23-21-22(33-26(31)34-23)36(16-32-21)25-27(3,30)28(38,15-41-25)20(14-29)44-45(39,43-19-12-6-5-7-13-19)35-17(2)24(37)42-18-10-8-9-11-18/h5-7,12-13,16-18,20,25,38H,4,8-11,14-15H2,1-3H3,(H,35,39)(H2,31,33,34)/t17?,20?,25-,27+,28-,45?/m1/s1. The van der Waals surface area contributed by atoms with Gasteiger partial charge in [0.05, 0.1) is 19.5 Å². The normalized spacial score (nSPS) is 26.4. The molecule has 1 aliphatic heterocycles. The maximum atomic E-state index is 16.8. The fourth-order valence-corrected chi connectivity index (χ4v) is 7.15. The Morgan fingerprint density at radius 1 is 1.29 bits per heavy atom. The summed E-state index contributed by atoms with van der Waals surface area (Å²) in [5.74, 6) is -0.803. The number of aromatic nitrogens is 4. The summed E-state index contributed by atoms with van der Waals surface area (Å²) in [6, 6.07) is 6.55. The highest BCUT2D eigenvalue weighted by Crippen LogP contribution is 2.53. The number of fused-ring (bicyclic) bond motifs is 1. The molecule has 17 heteroatoms. The molecule has 0 amide bonds. The molecule has 0 radical (unpaired) electrons. The Morgan fingerprint density at radius 2 is 2.00 bits per heavy atom. The van der Waals surface area contributed by atoms with Crippen molar-refractivity contribution >= 4 is 30.8 Å². The topological polar surface area (TPSA) is 182 Å². The van der Waals surface area contributed by atoms with Gasteiger partial charge in [-0.05, 0) is 58.6 Å². The molecular weight excluding hydrogens is 617 g/mol. The molecule has 5 rings (SSSR count). The van der Waals surface area contributed by atoms with Crippen LogP contribution in [0.25, 0.3) is 11.2 Å². The van der Waals surface area contributed by atoms with Crippen LogP contribution < -0.4 is 20.1 Å². The van der Waals surface area contributed by atoms with E-state index in [1.807, 2.05) is 0 Å². The molecule has 2 aliphatic rings. The summed E-state index contributed by atoms with van der Waals surface area (Å²) in [7, 11) is -4.71. The third-order valence-electron chi connectivity index (χ3n) is 7.91. The first-order valence-corrected chi connectivity index (χ1v) is 16.2. The molecule has 2 aromatic heterocycles. The van der Waals surface area contributed by atoms with Gasteiger partial charge in [0.15, 0.2) is 28.7 Å². The van der Waals surface area contributed by atoms with Gasteiger partial charge < -0.3 is 29.6 Å². The van der Waals surface area contributed by atoms with Gasteiger partial charge in [0, 0.05) is 0 Å². The third-order valence-corrected chi connectivity index (χ3v) is 9.60. The Labute approximate surface area is 258 Å². The Bertz CT molecular complexity index is 1540. The summed E-state index contributed by atoms with van der Waals surface area (Å²) >= 11 is 0. The van der Waals surface area contributed by atoms with Crippen molar-refractivity contribution < 1.29 is 46.5 Å². The number of nitrogen functional groups attached to an aromatic ring is 1. The average Bonchev–Trinajstić information content (AvgIpc) is 3.71. The highest BCUT2D eigenvalue weighted by atomic mass is 31.2. The number of carbonyl (C=O) groups excluding carboxylic acids is 1. The molecule has 3 unspecified atom stereocenters. The van der Waals surface area contributed by atoms with Gasteiger partial charge in [-0.1, -0.05) is 18.2 Å². The Kier molecular flexibility index (Phi) is 9.61. The lowest BCUT2D eigenvalue weighted by atomic mass is 9.83. The number of ether oxygens (including phenoxy) is 3. The fourth-order valence-electron chi connectivity index (χ4n) is 5.45. The van der Waals surface area contributed by atoms with E-state index in [1.54, 1.807) is 25.1 Å². The van der Waals surface area contributed by atoms with Gasteiger partial charge in [-0.3, -0.25) is 13.9 Å². The zero-order chi connectivity index (χ0) is 32.4. The van der Waals surface area contributed by atoms with Gasteiger partial charge in [0.2, 0.25) is 11.8 Å². The van der Waals surface area contributed by atoms with Crippen molar-refractivity contribution in [3.05, 3.63) is 36.7 Å². The lowest BCUT2D eigenvalue weighted by Gasteiger charge is -2.39. The number of aliphatic hydroxyl groups is 1. The van der Waals surface area contributed by atoms with Crippen LogP contribution in [-0.2, 0) is 23.4 Å². The zero-order valence-corrected chi connectivity index (χ0v) is 26.0. The molecule has 14 nitrogen and oxygen atoms in total. The first kappa shape index (κ1) is 32.9. The highest BCUT2D eigenvalue weighted by molar-refractivity contribution is 7.52. The van der Waals surface area contributed by atoms with Crippen molar-refractivity contribution in [3.63, 3.8) is 0 Å². The lowest BCUT2D eigenvalue weighted by molar-refractivity contribution is -0.151. The van der Waals surface area contributed by atoms with Crippen molar-refractivity contribution in [3.8, 4) is 11.6 Å². The van der Waals surface area contributed by atoms with Gasteiger partial charge >= 0.3 is 13.7 Å². The number of nitrogens with zero attached hydrogens (tertiary/aromatic N) is 4. The summed E-state index contributed by atoms with van der Waals surface area (Å²) < 4.78 is 74.8. The van der Waals surface area contributed by atoms with Crippen LogP contribution in [0.1, 0.15) is 52.7 Å². The van der Waals surface area contributed by atoms with E-state index in [1.165, 1.54) is 30.0 Å². The molecule has 3 aromatic rings. The molecule has 2 fully saturated rings. The summed E-state index contributed by atoms with van der Waals surface area (Å²) in [4.78, 5) is 25.2. The minimum atomic E-state index is -4.71. The predicted octanol–water partition coefficient (Wildman–Crippen LogP) is 3.80. The second kappa shape index (κ2) is 13.1. The van der Waals surface area contributed by atoms with E-state index >= 15 is 4.39 Å². The van der Waals surface area contributed by atoms with Crippen LogP contribution in [-0.4, -0.2) is 80.0 Å². The smallest absolute Gasteiger partial charge is 0.459 e. The fraction of sp³-hybridized carbons (Fsp3) is 0.571. The van der Waals surface area contributed by atoms with Crippen LogP contribution in [0.5, 0.6) is 11.6 Å². The van der Waals surface area contributed by atoms with Crippen molar-refractivity contribution in [2.75, 3.05) is 25.6 Å². The SMILES string of the molecule is CCOc1nc(N)nc2c1ncn2[C@@H]1OC[C@@](O)(C(CF)OP(=O)(NC(C)C(=O)OC2CCCC2)Oc2ccccc2)[C@@]1(C)F. The molecular formula is C28H37F2N6O8P. The Morgan fingerprint density at radius 3 is 2.67 bits per heavy atom. The molecule has 246 valence electrons. The molecule has 0 bridgehead atoms. The van der Waals surface area contributed by atoms with E-state index in [9.17, 15) is 18.9 Å². The average molecular weight is 655 g/mol. The zero-order valence-electron chi connectivity index (χ0n) is 25.1. The number of nitrogens with one attached hydrogen (secondary N) is 1. The number of esters is 1. The molecule has 1 aliphatic carbocycles. The predicted molar refractivity (Wildman–Crippen MR) is 157 cm³/mol. The molecule has 4 N–H and O–H groups in total. The molecule has 1 aromatic carbocycles. The number of hydrogen-bond acceptors (Lipinski definition) is 12. The Balaban J connectivity index is 1.42. The number of imidazole rings is 1. The minimum absolute atomic E-state index is 0.0381. The van der Waals surface area contributed by atoms with E-state index in [4.69, 9.17) is 29.0 Å². The first-order chi connectivity index (χ1) is 21.4. The van der Waals surface area contributed by atoms with E-state index in [2.05, 4.69) is 20.0 Å². The second-order valence-electron chi connectivity index (χ2n) is 11.2. The number of nitrogens with two attached hydrogens (primary N) is 1. The largest absolute Gasteiger partial charge is 0.476 e. The van der Waals surface area contributed by atoms with Crippen molar-refractivity contribution in [2.24, 2.45) is 0 Å². The third kappa shape index (κ3) is 6.61. The molecule has 45 heavy (non-hydrogen) atoms. The number of hydrogen-bond donors (Lipinski definition) is 3. The highest BCUT2D eigenvalue weighted by Gasteiger charge is 2.66. The van der Waals surface area contributed by atoms with Crippen molar-refractivity contribution in [1.29, 1.82) is 0 Å². The maximum absolute atomic E-state index is 16.8. The number of alkyl halides is 2. The van der Waals surface area contributed by atoms with Crippen LogP contribution in [0.15, 0.2) is 36.7 Å². The second-order valence-corrected chi connectivity index (χ2v) is 12.8. The summed E-state index contributed by atoms with van der Waals surface area (Å²) in [5.41, 5.74) is 0.498. The number of rotatable bonds is 13. The Hall–Kier alpha value is -3.43.